The van der Waals surface area contributed by atoms with Gasteiger partial charge >= 0.3 is 0 Å². The van der Waals surface area contributed by atoms with Crippen LogP contribution < -0.4 is 21.7 Å². The molecule has 0 fully saturated rings. The number of likely N-dealkylation sites (N-methyl/N-ethyl adjacent to an activating group) is 1. The number of para-hydroxylation sites is 1. The molecule has 0 atom stereocenters. The van der Waals surface area contributed by atoms with Crippen molar-refractivity contribution in [1.29, 1.82) is 0 Å². The largest absolute Gasteiger partial charge is 1.00 e. The summed E-state index contributed by atoms with van der Waals surface area (Å²) in [4.78, 5) is 0. The highest BCUT2D eigenvalue weighted by atomic mass is 79.9. The summed E-state index contributed by atoms with van der Waals surface area (Å²) in [7, 11) is 0. The molecule has 1 aromatic carbocycles. The van der Waals surface area contributed by atoms with Gasteiger partial charge in [-0.1, -0.05) is 18.2 Å². The fourth-order valence-corrected chi connectivity index (χ4v) is 2.02. The van der Waals surface area contributed by atoms with Gasteiger partial charge in [0.2, 0.25) is 0 Å². The second kappa shape index (κ2) is 8.54. The van der Waals surface area contributed by atoms with E-state index in [-0.39, 0.29) is 17.0 Å². The van der Waals surface area contributed by atoms with Crippen LogP contribution >= 0.6 is 0 Å². The van der Waals surface area contributed by atoms with Gasteiger partial charge in [0.1, 0.15) is 18.9 Å². The standard InChI is InChI=1S/C14H24NO.BrH/c1-4-15(5-2,6-3)12-13-16-14-10-8-7-9-11-14;/h7-11H,4-6,12-13H2,1-3H3;1H/q+1;/p-1. The number of ether oxygens (including phenoxy) is 1. The molecule has 0 unspecified atom stereocenters. The van der Waals surface area contributed by atoms with E-state index in [1.165, 1.54) is 19.6 Å². The molecule has 0 saturated carbocycles. The molecule has 0 amide bonds. The first-order chi connectivity index (χ1) is 7.76. The van der Waals surface area contributed by atoms with Crippen molar-refractivity contribution >= 4 is 0 Å². The Hall–Kier alpha value is -0.540. The normalized spacial score (nSPS) is 10.8. The van der Waals surface area contributed by atoms with Crippen LogP contribution in [0.3, 0.4) is 0 Å². The molecule has 0 N–H and O–H groups in total. The highest BCUT2D eigenvalue weighted by molar-refractivity contribution is 5.20. The molecule has 0 radical (unpaired) electrons. The summed E-state index contributed by atoms with van der Waals surface area (Å²) < 4.78 is 6.90. The fourth-order valence-electron chi connectivity index (χ4n) is 2.02. The van der Waals surface area contributed by atoms with Crippen LogP contribution in [0.5, 0.6) is 5.75 Å². The smallest absolute Gasteiger partial charge is 0.137 e. The minimum absolute atomic E-state index is 0. The van der Waals surface area contributed by atoms with E-state index in [2.05, 4.69) is 20.8 Å². The van der Waals surface area contributed by atoms with Crippen molar-refractivity contribution < 1.29 is 26.2 Å². The molecule has 3 heteroatoms. The highest BCUT2D eigenvalue weighted by Crippen LogP contribution is 2.10. The number of hydrogen-bond acceptors (Lipinski definition) is 1. The molecule has 0 aliphatic rings. The van der Waals surface area contributed by atoms with E-state index in [0.717, 1.165) is 23.4 Å². The van der Waals surface area contributed by atoms with Gasteiger partial charge in [-0.3, -0.25) is 0 Å². The molecule has 0 heterocycles. The quantitative estimate of drug-likeness (QED) is 0.642. The average Bonchev–Trinajstić information content (AvgIpc) is 2.37. The number of hydrogen-bond donors (Lipinski definition) is 0. The number of benzene rings is 1. The molecule has 0 saturated heterocycles. The monoisotopic (exact) mass is 301 g/mol. The van der Waals surface area contributed by atoms with E-state index in [9.17, 15) is 0 Å². The topological polar surface area (TPSA) is 9.23 Å². The molecule has 0 bridgehead atoms. The van der Waals surface area contributed by atoms with Gasteiger partial charge in [-0.15, -0.1) is 0 Å². The summed E-state index contributed by atoms with van der Waals surface area (Å²) in [5, 5.41) is 0. The number of nitrogens with zero attached hydrogens (tertiary/aromatic N) is 1. The lowest BCUT2D eigenvalue weighted by molar-refractivity contribution is -0.923. The third-order valence-corrected chi connectivity index (χ3v) is 3.59. The maximum Gasteiger partial charge on any atom is 0.137 e. The zero-order chi connectivity index (χ0) is 11.9. The Labute approximate surface area is 116 Å². The van der Waals surface area contributed by atoms with E-state index in [4.69, 9.17) is 4.74 Å². The lowest BCUT2D eigenvalue weighted by atomic mass is 10.3. The third-order valence-electron chi connectivity index (χ3n) is 3.59. The summed E-state index contributed by atoms with van der Waals surface area (Å²) in [6.45, 7) is 12.2. The fraction of sp³-hybridized carbons (Fsp3) is 0.571. The van der Waals surface area contributed by atoms with E-state index in [1.54, 1.807) is 0 Å². The predicted octanol–water partition coefficient (Wildman–Crippen LogP) is -0.0541. The van der Waals surface area contributed by atoms with E-state index in [0.29, 0.717) is 0 Å². The minimum atomic E-state index is 0. The maximum atomic E-state index is 5.75. The van der Waals surface area contributed by atoms with Gasteiger partial charge in [0, 0.05) is 0 Å². The van der Waals surface area contributed by atoms with Gasteiger partial charge in [-0.05, 0) is 32.9 Å². The highest BCUT2D eigenvalue weighted by Gasteiger charge is 2.20. The second-order valence-electron chi connectivity index (χ2n) is 4.18. The molecular weight excluding hydrogens is 278 g/mol. The number of halogens is 1. The zero-order valence-electron chi connectivity index (χ0n) is 11.2. The summed E-state index contributed by atoms with van der Waals surface area (Å²) >= 11 is 0. The molecule has 0 aliphatic carbocycles. The predicted molar refractivity (Wildman–Crippen MR) is 68.7 cm³/mol. The summed E-state index contributed by atoms with van der Waals surface area (Å²) in [5.41, 5.74) is 0. The van der Waals surface area contributed by atoms with Gasteiger partial charge in [0.05, 0.1) is 19.6 Å². The number of rotatable bonds is 7. The SMILES string of the molecule is CC[N+](CC)(CC)CCOc1ccccc1.[Br-]. The van der Waals surface area contributed by atoms with Crippen LogP contribution in [-0.4, -0.2) is 37.3 Å². The van der Waals surface area contributed by atoms with Crippen molar-refractivity contribution in [3.63, 3.8) is 0 Å². The maximum absolute atomic E-state index is 5.75. The molecule has 0 spiro atoms. The second-order valence-corrected chi connectivity index (χ2v) is 4.18. The van der Waals surface area contributed by atoms with Crippen LogP contribution in [0, 0.1) is 0 Å². The van der Waals surface area contributed by atoms with E-state index in [1.807, 2.05) is 30.3 Å². The molecule has 98 valence electrons. The third kappa shape index (κ3) is 5.09. The van der Waals surface area contributed by atoms with Gasteiger partial charge in [-0.25, -0.2) is 0 Å². The Balaban J connectivity index is 0.00000256. The van der Waals surface area contributed by atoms with Gasteiger partial charge in [0.25, 0.3) is 0 Å². The van der Waals surface area contributed by atoms with Gasteiger partial charge in [-0.2, -0.15) is 0 Å². The first kappa shape index (κ1) is 16.5. The Morgan fingerprint density at radius 1 is 0.941 bits per heavy atom. The minimum Gasteiger partial charge on any atom is -1.00 e. The van der Waals surface area contributed by atoms with Gasteiger partial charge in [0.15, 0.2) is 0 Å². The molecule has 2 nitrogen and oxygen atoms in total. The van der Waals surface area contributed by atoms with Crippen LogP contribution in [-0.2, 0) is 0 Å². The van der Waals surface area contributed by atoms with Crippen molar-refractivity contribution in [2.24, 2.45) is 0 Å². The molecule has 1 aromatic rings. The molecule has 1 rings (SSSR count). The van der Waals surface area contributed by atoms with E-state index >= 15 is 0 Å². The van der Waals surface area contributed by atoms with Crippen LogP contribution in [0.25, 0.3) is 0 Å². The van der Waals surface area contributed by atoms with Crippen LogP contribution in [0.2, 0.25) is 0 Å². The van der Waals surface area contributed by atoms with Crippen LogP contribution in [0.15, 0.2) is 30.3 Å². The van der Waals surface area contributed by atoms with Crippen LogP contribution in [0.4, 0.5) is 0 Å². The van der Waals surface area contributed by atoms with Crippen molar-refractivity contribution in [2.75, 3.05) is 32.8 Å². The molecule has 0 aliphatic heterocycles. The zero-order valence-corrected chi connectivity index (χ0v) is 12.7. The first-order valence-electron chi connectivity index (χ1n) is 6.29. The van der Waals surface area contributed by atoms with Crippen molar-refractivity contribution in [3.8, 4) is 5.75 Å². The van der Waals surface area contributed by atoms with Crippen molar-refractivity contribution in [2.45, 2.75) is 20.8 Å². The lowest BCUT2D eigenvalue weighted by Crippen LogP contribution is -3.00. The summed E-state index contributed by atoms with van der Waals surface area (Å²) in [5.74, 6) is 0.976. The van der Waals surface area contributed by atoms with Crippen LogP contribution in [0.1, 0.15) is 20.8 Å². The van der Waals surface area contributed by atoms with Crippen molar-refractivity contribution in [3.05, 3.63) is 30.3 Å². The first-order valence-corrected chi connectivity index (χ1v) is 6.29. The van der Waals surface area contributed by atoms with Crippen molar-refractivity contribution in [1.82, 2.24) is 0 Å². The Morgan fingerprint density at radius 3 is 1.94 bits per heavy atom. The summed E-state index contributed by atoms with van der Waals surface area (Å²) in [6, 6.07) is 10.1. The Bertz CT molecular complexity index is 277. The number of quaternary nitrogens is 1. The molecular formula is C14H24BrNO. The Morgan fingerprint density at radius 2 is 1.47 bits per heavy atom. The molecule has 0 aromatic heterocycles. The lowest BCUT2D eigenvalue weighted by Gasteiger charge is -2.35. The Kier molecular flexibility index (Phi) is 8.26. The molecule has 17 heavy (non-hydrogen) atoms. The summed E-state index contributed by atoms with van der Waals surface area (Å²) in [6.07, 6.45) is 0. The average molecular weight is 302 g/mol. The van der Waals surface area contributed by atoms with E-state index < -0.39 is 0 Å². The van der Waals surface area contributed by atoms with Gasteiger partial charge < -0.3 is 26.2 Å².